The second-order valence-corrected chi connectivity index (χ2v) is 7.98. The fourth-order valence-electron chi connectivity index (χ4n) is 3.36. The molecule has 0 amide bonds. The molecule has 5 heteroatoms. The van der Waals surface area contributed by atoms with Crippen LogP contribution in [0.3, 0.4) is 0 Å². The lowest BCUT2D eigenvalue weighted by Crippen LogP contribution is -2.23. The average Bonchev–Trinajstić information content (AvgIpc) is 2.79. The monoisotopic (exact) mass is 439 g/mol. The number of nitrogens with zero attached hydrogens (tertiary/aromatic N) is 2. The predicted octanol–water partition coefficient (Wildman–Crippen LogP) is 5.86. The highest BCUT2D eigenvalue weighted by molar-refractivity contribution is 6.32. The molecule has 3 aromatic carbocycles. The van der Waals surface area contributed by atoms with Gasteiger partial charge in [-0.3, -0.25) is 4.79 Å². The van der Waals surface area contributed by atoms with Crippen molar-refractivity contribution in [3.05, 3.63) is 111 Å². The van der Waals surface area contributed by atoms with Crippen LogP contribution in [0.15, 0.2) is 77.6 Å². The lowest BCUT2D eigenvalue weighted by molar-refractivity contribution is 0.856. The van der Waals surface area contributed by atoms with E-state index in [1.54, 1.807) is 7.05 Å². The van der Waals surface area contributed by atoms with Gasteiger partial charge in [-0.2, -0.15) is 0 Å². The maximum atomic E-state index is 13.1. The summed E-state index contributed by atoms with van der Waals surface area (Å²) in [6.45, 7) is 4.05. The van der Waals surface area contributed by atoms with Crippen LogP contribution in [0.4, 0.5) is 11.5 Å². The minimum absolute atomic E-state index is 0.152. The van der Waals surface area contributed by atoms with Crippen LogP contribution < -0.4 is 10.9 Å². The molecule has 158 valence electrons. The third-order valence-corrected chi connectivity index (χ3v) is 5.38. The summed E-state index contributed by atoms with van der Waals surface area (Å²) in [6, 6.07) is 23.4. The number of halogens is 1. The summed E-state index contributed by atoms with van der Waals surface area (Å²) in [4.78, 5) is 17.4. The van der Waals surface area contributed by atoms with E-state index >= 15 is 0 Å². The van der Waals surface area contributed by atoms with Gasteiger partial charge in [0.2, 0.25) is 0 Å². The van der Waals surface area contributed by atoms with Gasteiger partial charge in [0, 0.05) is 23.7 Å². The first kappa shape index (κ1) is 21.4. The van der Waals surface area contributed by atoms with Crippen LogP contribution in [-0.4, -0.2) is 9.55 Å². The Morgan fingerprint density at radius 1 is 0.906 bits per heavy atom. The molecular weight excluding hydrogens is 418 g/mol. The highest BCUT2D eigenvalue weighted by atomic mass is 35.5. The van der Waals surface area contributed by atoms with Crippen LogP contribution in [0, 0.1) is 25.7 Å². The maximum Gasteiger partial charge on any atom is 0.293 e. The fourth-order valence-corrected chi connectivity index (χ4v) is 3.68. The van der Waals surface area contributed by atoms with Gasteiger partial charge >= 0.3 is 0 Å². The molecule has 0 aliphatic heterocycles. The number of benzene rings is 3. The first-order chi connectivity index (χ1) is 15.4. The van der Waals surface area contributed by atoms with Gasteiger partial charge in [-0.15, -0.1) is 0 Å². The summed E-state index contributed by atoms with van der Waals surface area (Å²) >= 11 is 6.49. The number of hydrogen-bond donors (Lipinski definition) is 1. The number of nitrogens with one attached hydrogen (secondary N) is 1. The Labute approximate surface area is 192 Å². The molecule has 4 aromatic rings. The van der Waals surface area contributed by atoms with E-state index in [1.165, 1.54) is 10.1 Å². The third-order valence-electron chi connectivity index (χ3n) is 5.12. The summed E-state index contributed by atoms with van der Waals surface area (Å²) in [6.07, 6.45) is 0. The lowest BCUT2D eigenvalue weighted by atomic mass is 10.1. The Kier molecular flexibility index (Phi) is 6.11. The van der Waals surface area contributed by atoms with E-state index in [2.05, 4.69) is 22.1 Å². The predicted molar refractivity (Wildman–Crippen MR) is 132 cm³/mol. The zero-order chi connectivity index (χ0) is 22.7. The minimum atomic E-state index is -0.272. The van der Waals surface area contributed by atoms with Crippen LogP contribution >= 0.6 is 11.6 Å². The summed E-state index contributed by atoms with van der Waals surface area (Å²) in [7, 11) is 1.69. The van der Waals surface area contributed by atoms with Gasteiger partial charge < -0.3 is 9.88 Å². The number of aromatic nitrogens is 2. The molecule has 0 atom stereocenters. The van der Waals surface area contributed by atoms with Gasteiger partial charge in [0.15, 0.2) is 11.0 Å². The molecule has 0 unspecified atom stereocenters. The summed E-state index contributed by atoms with van der Waals surface area (Å²) in [5.41, 5.74) is 5.79. The van der Waals surface area contributed by atoms with Crippen LogP contribution in [0.1, 0.15) is 22.3 Å². The number of rotatable bonds is 3. The Balaban J connectivity index is 1.73. The molecule has 32 heavy (non-hydrogen) atoms. The molecule has 0 saturated carbocycles. The maximum absolute atomic E-state index is 13.1. The van der Waals surface area contributed by atoms with Crippen molar-refractivity contribution in [1.82, 2.24) is 9.55 Å². The Morgan fingerprint density at radius 2 is 1.59 bits per heavy atom. The molecule has 0 fully saturated rings. The molecule has 4 rings (SSSR count). The van der Waals surface area contributed by atoms with Crippen molar-refractivity contribution in [2.75, 3.05) is 5.32 Å². The van der Waals surface area contributed by atoms with Crippen molar-refractivity contribution >= 4 is 23.1 Å². The van der Waals surface area contributed by atoms with Gasteiger partial charge in [0.25, 0.3) is 5.56 Å². The second-order valence-electron chi connectivity index (χ2n) is 7.62. The molecule has 0 aliphatic carbocycles. The van der Waals surface area contributed by atoms with Gasteiger partial charge in [0.05, 0.1) is 11.4 Å². The standard InChI is InChI=1S/C27H22ClN3O/c1-18-9-12-20(13-10-18)14-15-22-17-19(2)11-16-23(22)29-26-27(32)31(3)24(25(28)30-26)21-7-5-4-6-8-21/h4-13,16-17H,1-3H3,(H,29,30). The van der Waals surface area contributed by atoms with Crippen LogP contribution in [-0.2, 0) is 7.05 Å². The molecule has 1 N–H and O–H groups in total. The molecule has 0 bridgehead atoms. The molecule has 4 nitrogen and oxygen atoms in total. The highest BCUT2D eigenvalue weighted by Crippen LogP contribution is 2.27. The third kappa shape index (κ3) is 4.59. The second kappa shape index (κ2) is 9.13. The zero-order valence-corrected chi connectivity index (χ0v) is 18.9. The van der Waals surface area contributed by atoms with Crippen molar-refractivity contribution in [1.29, 1.82) is 0 Å². The van der Waals surface area contributed by atoms with Crippen LogP contribution in [0.5, 0.6) is 0 Å². The number of hydrogen-bond acceptors (Lipinski definition) is 3. The van der Waals surface area contributed by atoms with Gasteiger partial charge in [0.1, 0.15) is 0 Å². The van der Waals surface area contributed by atoms with E-state index in [4.69, 9.17) is 11.6 Å². The van der Waals surface area contributed by atoms with E-state index in [1.807, 2.05) is 86.6 Å². The van der Waals surface area contributed by atoms with Crippen LogP contribution in [0.2, 0.25) is 5.15 Å². The molecular formula is C27H22ClN3O. The van der Waals surface area contributed by atoms with E-state index < -0.39 is 0 Å². The van der Waals surface area contributed by atoms with E-state index in [-0.39, 0.29) is 16.5 Å². The quantitative estimate of drug-likeness (QED) is 0.406. The topological polar surface area (TPSA) is 46.9 Å². The van der Waals surface area contributed by atoms with Crippen molar-refractivity contribution in [3.63, 3.8) is 0 Å². The van der Waals surface area contributed by atoms with Gasteiger partial charge in [-0.05, 0) is 43.7 Å². The Morgan fingerprint density at radius 3 is 2.31 bits per heavy atom. The summed E-state index contributed by atoms with van der Waals surface area (Å²) < 4.78 is 1.51. The lowest BCUT2D eigenvalue weighted by Gasteiger charge is -2.14. The molecule has 0 radical (unpaired) electrons. The fraction of sp³-hybridized carbons (Fsp3) is 0.111. The first-order valence-corrected chi connectivity index (χ1v) is 10.6. The van der Waals surface area contributed by atoms with Crippen molar-refractivity contribution in [2.24, 2.45) is 7.05 Å². The smallest absolute Gasteiger partial charge is 0.293 e. The summed E-state index contributed by atoms with van der Waals surface area (Å²) in [5, 5.41) is 3.39. The Bertz CT molecular complexity index is 1400. The van der Waals surface area contributed by atoms with Crippen molar-refractivity contribution < 1.29 is 0 Å². The van der Waals surface area contributed by atoms with E-state index in [0.29, 0.717) is 11.4 Å². The van der Waals surface area contributed by atoms with Crippen LogP contribution in [0.25, 0.3) is 11.3 Å². The van der Waals surface area contributed by atoms with Crippen molar-refractivity contribution in [3.8, 4) is 23.1 Å². The SMILES string of the molecule is Cc1ccc(C#Cc2cc(C)ccc2Nc2nc(Cl)c(-c3ccccc3)n(C)c2=O)cc1. The molecule has 0 spiro atoms. The van der Waals surface area contributed by atoms with E-state index in [0.717, 1.165) is 22.3 Å². The molecule has 0 saturated heterocycles. The van der Waals surface area contributed by atoms with Crippen molar-refractivity contribution in [2.45, 2.75) is 13.8 Å². The molecule has 1 heterocycles. The average molecular weight is 440 g/mol. The zero-order valence-electron chi connectivity index (χ0n) is 18.1. The number of aryl methyl sites for hydroxylation is 2. The normalized spacial score (nSPS) is 10.4. The highest BCUT2D eigenvalue weighted by Gasteiger charge is 2.15. The molecule has 1 aromatic heterocycles. The minimum Gasteiger partial charge on any atom is -0.335 e. The van der Waals surface area contributed by atoms with E-state index in [9.17, 15) is 4.79 Å². The Hall–Kier alpha value is -3.81. The van der Waals surface area contributed by atoms with Gasteiger partial charge in [-0.25, -0.2) is 4.98 Å². The largest absolute Gasteiger partial charge is 0.335 e. The first-order valence-electron chi connectivity index (χ1n) is 10.2. The van der Waals surface area contributed by atoms with Gasteiger partial charge in [-0.1, -0.05) is 77.5 Å². The number of anilines is 2. The summed E-state index contributed by atoms with van der Waals surface area (Å²) in [5.74, 6) is 6.56. The molecule has 0 aliphatic rings.